The molecular formula is C24H24N3OZr. The first-order valence-electron chi connectivity index (χ1n) is 9.78. The summed E-state index contributed by atoms with van der Waals surface area (Å²) in [5.74, 6) is 2.67. The predicted molar refractivity (Wildman–Crippen MR) is 116 cm³/mol. The molecule has 0 saturated carbocycles. The van der Waals surface area contributed by atoms with Crippen molar-refractivity contribution in [2.75, 3.05) is 22.9 Å². The molecule has 3 aromatic carbocycles. The van der Waals surface area contributed by atoms with Crippen molar-refractivity contribution in [1.82, 2.24) is 0 Å². The fraction of sp³-hybridized carbons (Fsp3) is 0.208. The van der Waals surface area contributed by atoms with E-state index in [9.17, 15) is 0 Å². The van der Waals surface area contributed by atoms with E-state index in [0.717, 1.165) is 61.2 Å². The third-order valence-electron chi connectivity index (χ3n) is 5.16. The van der Waals surface area contributed by atoms with Gasteiger partial charge >= 0.3 is 189 Å². The summed E-state index contributed by atoms with van der Waals surface area (Å²) in [7, 11) is 0. The van der Waals surface area contributed by atoms with Crippen LogP contribution >= 0.6 is 0 Å². The van der Waals surface area contributed by atoms with Gasteiger partial charge in [-0.3, -0.25) is 0 Å². The van der Waals surface area contributed by atoms with Crippen molar-refractivity contribution in [2.45, 2.75) is 20.8 Å². The fourth-order valence-electron chi connectivity index (χ4n) is 4.09. The summed E-state index contributed by atoms with van der Waals surface area (Å²) in [4.78, 5) is 4.61. The van der Waals surface area contributed by atoms with Gasteiger partial charge in [-0.2, -0.15) is 0 Å². The van der Waals surface area contributed by atoms with Crippen molar-refractivity contribution >= 4 is 17.3 Å². The first kappa shape index (κ1) is 19.9. The summed E-state index contributed by atoms with van der Waals surface area (Å²) in [5, 5.41) is 0. The molecule has 0 radical (unpaired) electrons. The van der Waals surface area contributed by atoms with E-state index >= 15 is 0 Å². The molecular weight excluding hydrogens is 438 g/mol. The molecule has 1 aliphatic heterocycles. The van der Waals surface area contributed by atoms with Crippen LogP contribution in [0.2, 0.25) is 0 Å². The number of aryl methyl sites for hydroxylation is 3. The van der Waals surface area contributed by atoms with Crippen molar-refractivity contribution in [3.63, 3.8) is 0 Å². The second-order valence-corrected chi connectivity index (χ2v) is 7.89. The van der Waals surface area contributed by atoms with E-state index in [1.54, 1.807) is 0 Å². The monoisotopic (exact) mass is 460 g/mol. The molecule has 1 fully saturated rings. The minimum atomic E-state index is 0.835. The van der Waals surface area contributed by atoms with Gasteiger partial charge in [-0.25, -0.2) is 0 Å². The summed E-state index contributed by atoms with van der Waals surface area (Å²) in [6.07, 6.45) is 0. The number of benzene rings is 3. The Labute approximate surface area is 188 Å². The standard InChI is InChI=1S/C24H24N3O.Zr/c1-17-15-18(2)23(19(3)16-17)27-14-13-26(24(27)25)21-11-7-8-12-22(21)28-20-9-5-4-6-10-20;/h4-12,15-16H,13-14H2,1-3H3;/q-1;+1. The van der Waals surface area contributed by atoms with Crippen LogP contribution in [-0.4, -0.2) is 19.0 Å². The molecule has 0 aliphatic carbocycles. The molecule has 0 unspecified atom stereocenters. The molecule has 0 N–H and O–H groups in total. The van der Waals surface area contributed by atoms with E-state index in [4.69, 9.17) is 7.67 Å². The Kier molecular flexibility index (Phi) is 5.87. The molecule has 1 aliphatic rings. The van der Waals surface area contributed by atoms with Crippen LogP contribution in [0, 0.1) is 20.8 Å². The molecule has 0 aromatic heterocycles. The number of rotatable bonds is 4. The zero-order valence-corrected chi connectivity index (χ0v) is 19.5. The number of hydrogen-bond donors (Lipinski definition) is 0. The van der Waals surface area contributed by atoms with Gasteiger partial charge in [0, 0.05) is 0 Å². The minimum absolute atomic E-state index is 0.835. The Hall–Kier alpha value is -2.39. The third-order valence-corrected chi connectivity index (χ3v) is 5.65. The SMILES string of the molecule is Cc1cc(C)c(N2CCN(c3ccccc3Oc3ccccc3)C2=[N][Zr])c(C)c1. The van der Waals surface area contributed by atoms with Crippen LogP contribution in [0.15, 0.2) is 69.7 Å². The van der Waals surface area contributed by atoms with Gasteiger partial charge in [0.25, 0.3) is 0 Å². The van der Waals surface area contributed by atoms with Crippen molar-refractivity contribution in [1.29, 1.82) is 0 Å². The number of guanidine groups is 1. The number of hydrogen-bond acceptors (Lipinski definition) is 2. The maximum atomic E-state index is 6.21. The Bertz CT molecular complexity index is 1030. The van der Waals surface area contributed by atoms with Crippen LogP contribution in [0.25, 0.3) is 0 Å². The van der Waals surface area contributed by atoms with Gasteiger partial charge < -0.3 is 0 Å². The molecule has 4 nitrogen and oxygen atoms in total. The maximum absolute atomic E-state index is 6.21. The van der Waals surface area contributed by atoms with Gasteiger partial charge in [-0.15, -0.1) is 0 Å². The zero-order valence-electron chi connectivity index (χ0n) is 17.0. The zero-order chi connectivity index (χ0) is 20.4. The first-order valence-corrected chi connectivity index (χ1v) is 10.9. The summed E-state index contributed by atoms with van der Waals surface area (Å²) in [6.45, 7) is 8.29. The van der Waals surface area contributed by atoms with Gasteiger partial charge in [0.05, 0.1) is 0 Å². The third kappa shape index (κ3) is 4.02. The predicted octanol–water partition coefficient (Wildman–Crippen LogP) is 5.55. The van der Waals surface area contributed by atoms with Crippen molar-refractivity contribution in [3.05, 3.63) is 83.4 Å². The van der Waals surface area contributed by atoms with E-state index in [1.807, 2.05) is 42.5 Å². The van der Waals surface area contributed by atoms with E-state index < -0.39 is 0 Å². The molecule has 3 aromatic rings. The van der Waals surface area contributed by atoms with Crippen molar-refractivity contribution in [3.8, 4) is 11.5 Å². The van der Waals surface area contributed by atoms with Crippen LogP contribution in [0.4, 0.5) is 11.4 Å². The molecule has 0 spiro atoms. The average Bonchev–Trinajstić information content (AvgIpc) is 3.12. The molecule has 1 heterocycles. The number of ether oxygens (including phenoxy) is 1. The number of anilines is 2. The van der Waals surface area contributed by atoms with Crippen LogP contribution < -0.4 is 14.5 Å². The van der Waals surface area contributed by atoms with Gasteiger partial charge in [0.1, 0.15) is 0 Å². The Morgan fingerprint density at radius 2 is 1.45 bits per heavy atom. The summed E-state index contributed by atoms with van der Waals surface area (Å²) < 4.78 is 11.0. The quantitative estimate of drug-likeness (QED) is 0.510. The fourth-order valence-corrected chi connectivity index (χ4v) is 4.68. The second-order valence-electron chi connectivity index (χ2n) is 7.35. The van der Waals surface area contributed by atoms with Gasteiger partial charge in [0.15, 0.2) is 0 Å². The molecule has 1 saturated heterocycles. The van der Waals surface area contributed by atoms with Gasteiger partial charge in [0.2, 0.25) is 0 Å². The van der Waals surface area contributed by atoms with E-state index in [2.05, 4.69) is 54.8 Å². The summed E-state index contributed by atoms with van der Waals surface area (Å²) in [5.41, 5.74) is 6.18. The van der Waals surface area contributed by atoms with Gasteiger partial charge in [-0.1, -0.05) is 0 Å². The van der Waals surface area contributed by atoms with Crippen LogP contribution in [0.3, 0.4) is 0 Å². The Morgan fingerprint density at radius 3 is 2.14 bits per heavy atom. The first-order chi connectivity index (χ1) is 14.1. The van der Waals surface area contributed by atoms with Crippen LogP contribution in [0.1, 0.15) is 16.7 Å². The van der Waals surface area contributed by atoms with E-state index in [-0.39, 0.29) is 0 Å². The van der Waals surface area contributed by atoms with Crippen molar-refractivity contribution < 1.29 is 29.7 Å². The molecule has 145 valence electrons. The van der Waals surface area contributed by atoms with Crippen LogP contribution in [0.5, 0.6) is 11.5 Å². The van der Waals surface area contributed by atoms with E-state index in [0.29, 0.717) is 0 Å². The average molecular weight is 462 g/mol. The Balaban J connectivity index is 1.70. The molecule has 4 rings (SSSR count). The number of nitrogens with zero attached hydrogens (tertiary/aromatic N) is 3. The van der Waals surface area contributed by atoms with E-state index in [1.165, 1.54) is 22.4 Å². The van der Waals surface area contributed by atoms with Gasteiger partial charge in [-0.05, 0) is 0 Å². The van der Waals surface area contributed by atoms with Crippen LogP contribution in [-0.2, 0) is 25.0 Å². The molecule has 29 heavy (non-hydrogen) atoms. The molecule has 5 heteroatoms. The molecule has 0 bridgehead atoms. The summed E-state index contributed by atoms with van der Waals surface area (Å²) >= 11 is 1.14. The second kappa shape index (κ2) is 8.54. The Morgan fingerprint density at radius 1 is 0.828 bits per heavy atom. The van der Waals surface area contributed by atoms with Crippen molar-refractivity contribution in [2.24, 2.45) is 2.94 Å². The summed E-state index contributed by atoms with van der Waals surface area (Å²) in [6, 6.07) is 22.6. The molecule has 0 amide bonds. The molecule has 0 atom stereocenters. The topological polar surface area (TPSA) is 28.1 Å². The normalized spacial score (nSPS) is 15.2. The number of para-hydroxylation sites is 3.